The maximum absolute atomic E-state index is 12.9. The largest absolute Gasteiger partial charge is 0.756 e. The van der Waals surface area contributed by atoms with E-state index >= 15 is 0 Å². The number of unbranched alkanes of at least 4 members (excludes halogenated alkanes) is 28. The third kappa shape index (κ3) is 83.8. The van der Waals surface area contributed by atoms with Crippen molar-refractivity contribution in [1.29, 1.82) is 0 Å². The lowest BCUT2D eigenvalue weighted by molar-refractivity contribution is -0.870. The van der Waals surface area contributed by atoms with E-state index in [-0.39, 0.29) is 32.0 Å². The first-order valence-electron chi connectivity index (χ1n) is 41.1. The Bertz CT molecular complexity index is 2440. The van der Waals surface area contributed by atoms with Crippen molar-refractivity contribution < 1.29 is 42.1 Å². The zero-order chi connectivity index (χ0) is 74.0. The molecule has 2 atom stereocenters. The van der Waals surface area contributed by atoms with Crippen LogP contribution in [0.5, 0.6) is 0 Å². The fourth-order valence-electron chi connectivity index (χ4n) is 10.9. The molecule has 0 fully saturated rings. The number of phosphoric acid groups is 1. The van der Waals surface area contributed by atoms with Crippen molar-refractivity contribution in [3.8, 4) is 0 Å². The minimum absolute atomic E-state index is 0.0380. The zero-order valence-electron chi connectivity index (χ0n) is 66.0. The topological polar surface area (TPSA) is 111 Å². The highest BCUT2D eigenvalue weighted by molar-refractivity contribution is 7.45. The first-order chi connectivity index (χ1) is 50.0. The monoisotopic (exact) mass is 1430 g/mol. The molecule has 10 heteroatoms. The molecule has 0 aliphatic rings. The number of likely N-dealkylation sites (N-methyl/N-ethyl adjacent to an activating group) is 1. The van der Waals surface area contributed by atoms with Gasteiger partial charge in [-0.3, -0.25) is 14.2 Å². The second-order valence-electron chi connectivity index (χ2n) is 28.0. The summed E-state index contributed by atoms with van der Waals surface area (Å²) in [6.07, 6.45) is 124. The molecular formula is C92H152NO8P. The Labute approximate surface area is 628 Å². The maximum Gasteiger partial charge on any atom is 0.306 e. The summed E-state index contributed by atoms with van der Waals surface area (Å²) >= 11 is 0. The van der Waals surface area contributed by atoms with Crippen LogP contribution in [-0.2, 0) is 32.7 Å². The quantitative estimate of drug-likeness (QED) is 0.0195. The van der Waals surface area contributed by atoms with E-state index in [9.17, 15) is 19.0 Å². The minimum Gasteiger partial charge on any atom is -0.756 e. The summed E-state index contributed by atoms with van der Waals surface area (Å²) in [7, 11) is 1.15. The van der Waals surface area contributed by atoms with Crippen LogP contribution < -0.4 is 4.89 Å². The molecule has 0 amide bonds. The van der Waals surface area contributed by atoms with Gasteiger partial charge >= 0.3 is 11.9 Å². The molecule has 578 valence electrons. The molecule has 102 heavy (non-hydrogen) atoms. The Morgan fingerprint density at radius 1 is 0.304 bits per heavy atom. The Morgan fingerprint density at radius 2 is 0.529 bits per heavy atom. The number of nitrogens with zero attached hydrogens (tertiary/aromatic N) is 1. The molecule has 9 nitrogen and oxygen atoms in total. The molecule has 0 rings (SSSR count). The van der Waals surface area contributed by atoms with E-state index < -0.39 is 26.5 Å². The van der Waals surface area contributed by atoms with Gasteiger partial charge < -0.3 is 27.9 Å². The molecular weight excluding hydrogens is 1280 g/mol. The normalized spacial score (nSPS) is 14.1. The lowest BCUT2D eigenvalue weighted by Crippen LogP contribution is -2.37. The number of hydrogen-bond donors (Lipinski definition) is 0. The number of carbonyl (C=O) groups is 2. The van der Waals surface area contributed by atoms with Crippen molar-refractivity contribution in [3.63, 3.8) is 0 Å². The first kappa shape index (κ1) is 96.8. The summed E-state index contributed by atoms with van der Waals surface area (Å²) in [5.41, 5.74) is 0. The highest BCUT2D eigenvalue weighted by Gasteiger charge is 2.22. The average molecular weight is 1430 g/mol. The standard InChI is InChI=1S/C92H152NO8P/c1-6-8-10-12-14-16-18-20-22-24-26-28-30-32-34-36-38-40-42-44-46-48-50-52-54-56-58-60-62-64-66-68-70-72-74-76-78-80-82-84-91(94)98-88-90(89-100-102(96,97)99-87-86-93(3,4)5)101-92(95)85-83-81-79-77-75-73-71-69-67-65-63-61-59-57-55-53-51-49-47-45-43-41-39-37-35-33-31-29-27-25-23-21-19-17-15-13-11-9-7-2/h8-11,14-17,20-23,26-29,32-35,38-41,44-47,50-53,90H,6-7,12-13,18-19,24-25,30-31,36-37,42-43,48-49,54-89H2,1-5H3/b10-8-,11-9-,16-14-,17-15-,22-20-,23-21-,28-26-,29-27-,34-32-,35-33-,40-38-,41-39-,46-44-,47-45-,52-50-,53-51-. The fourth-order valence-corrected chi connectivity index (χ4v) is 11.7. The third-order valence-electron chi connectivity index (χ3n) is 17.1. The second-order valence-corrected chi connectivity index (χ2v) is 29.4. The van der Waals surface area contributed by atoms with Crippen LogP contribution in [0.2, 0.25) is 0 Å². The summed E-state index contributed by atoms with van der Waals surface area (Å²) in [6, 6.07) is 0. The van der Waals surface area contributed by atoms with E-state index in [2.05, 4.69) is 208 Å². The highest BCUT2D eigenvalue weighted by Crippen LogP contribution is 2.38. The molecule has 0 aromatic carbocycles. The number of phosphoric ester groups is 1. The molecule has 2 unspecified atom stereocenters. The van der Waals surface area contributed by atoms with Crippen LogP contribution in [0, 0.1) is 0 Å². The van der Waals surface area contributed by atoms with Gasteiger partial charge in [0, 0.05) is 12.8 Å². The van der Waals surface area contributed by atoms with Crippen molar-refractivity contribution in [3.05, 3.63) is 194 Å². The SMILES string of the molecule is CC/C=C\C/C=C\C/C=C\C/C=C\C/C=C\C/C=C\C/C=C\C/C=C\CCCCCCCCCCCCCCCCC(=O)OCC(COP(=O)([O-])OCC[N+](C)(C)C)OC(=O)CCCCCCCCCCCCCCCC/C=C\C/C=C\C/C=C\C/C=C\C/C=C\C/C=C\C/C=C\C/C=C\CC. The van der Waals surface area contributed by atoms with Gasteiger partial charge in [0.2, 0.25) is 0 Å². The fraction of sp³-hybridized carbons (Fsp3) is 0.630. The first-order valence-corrected chi connectivity index (χ1v) is 42.6. The number of rotatable bonds is 74. The van der Waals surface area contributed by atoms with E-state index in [1.54, 1.807) is 0 Å². The number of ether oxygens (including phenoxy) is 2. The lowest BCUT2D eigenvalue weighted by Gasteiger charge is -2.28. The van der Waals surface area contributed by atoms with Gasteiger partial charge in [-0.2, -0.15) is 0 Å². The predicted octanol–water partition coefficient (Wildman–Crippen LogP) is 27.3. The minimum atomic E-state index is -4.66. The molecule has 0 heterocycles. The van der Waals surface area contributed by atoms with Crippen molar-refractivity contribution in [2.75, 3.05) is 47.5 Å². The van der Waals surface area contributed by atoms with E-state index in [1.165, 1.54) is 148 Å². The summed E-state index contributed by atoms with van der Waals surface area (Å²) in [5, 5.41) is 0. The number of quaternary nitrogens is 1. The third-order valence-corrected chi connectivity index (χ3v) is 18.1. The van der Waals surface area contributed by atoms with Crippen molar-refractivity contribution in [1.82, 2.24) is 0 Å². The molecule has 0 bridgehead atoms. The number of hydrogen-bond acceptors (Lipinski definition) is 8. The summed E-state index contributed by atoms with van der Waals surface area (Å²) < 4.78 is 34.4. The van der Waals surface area contributed by atoms with Crippen molar-refractivity contribution in [2.45, 2.75) is 328 Å². The molecule has 0 aromatic rings. The van der Waals surface area contributed by atoms with Gasteiger partial charge in [-0.15, -0.1) is 0 Å². The lowest BCUT2D eigenvalue weighted by atomic mass is 10.0. The van der Waals surface area contributed by atoms with Crippen LogP contribution in [0.3, 0.4) is 0 Å². The Morgan fingerprint density at radius 3 is 0.784 bits per heavy atom. The van der Waals surface area contributed by atoms with Crippen LogP contribution in [0.25, 0.3) is 0 Å². The van der Waals surface area contributed by atoms with Crippen LogP contribution in [0.1, 0.15) is 322 Å². The molecule has 0 aliphatic heterocycles. The Balaban J connectivity index is 4.02. The number of allylic oxidation sites excluding steroid dienone is 32. The van der Waals surface area contributed by atoms with Gasteiger partial charge in [0.15, 0.2) is 6.10 Å². The molecule has 0 N–H and O–H groups in total. The van der Waals surface area contributed by atoms with Crippen molar-refractivity contribution in [2.24, 2.45) is 0 Å². The molecule has 0 radical (unpaired) electrons. The van der Waals surface area contributed by atoms with Gasteiger partial charge in [0.1, 0.15) is 19.8 Å². The molecule has 0 saturated heterocycles. The average Bonchev–Trinajstić information content (AvgIpc) is 0.935. The van der Waals surface area contributed by atoms with E-state index in [4.69, 9.17) is 18.5 Å². The van der Waals surface area contributed by atoms with Crippen LogP contribution in [0.15, 0.2) is 194 Å². The Kier molecular flexibility index (Phi) is 75.9. The number of esters is 2. The van der Waals surface area contributed by atoms with Gasteiger partial charge in [-0.25, -0.2) is 0 Å². The summed E-state index contributed by atoms with van der Waals surface area (Å²) in [6.45, 7) is 4.02. The smallest absolute Gasteiger partial charge is 0.306 e. The summed E-state index contributed by atoms with van der Waals surface area (Å²) in [4.78, 5) is 38.2. The van der Waals surface area contributed by atoms with Gasteiger partial charge in [0.25, 0.3) is 7.82 Å². The molecule has 0 spiro atoms. The van der Waals surface area contributed by atoms with Gasteiger partial charge in [0.05, 0.1) is 27.7 Å². The molecule has 0 aromatic heterocycles. The predicted molar refractivity (Wildman–Crippen MR) is 442 cm³/mol. The van der Waals surface area contributed by atoms with Gasteiger partial charge in [-0.05, 0) is 141 Å². The van der Waals surface area contributed by atoms with E-state index in [1.807, 2.05) is 21.1 Å². The van der Waals surface area contributed by atoms with Gasteiger partial charge in [-0.1, -0.05) is 362 Å². The molecule has 0 aliphatic carbocycles. The van der Waals surface area contributed by atoms with Crippen LogP contribution in [-0.4, -0.2) is 70.0 Å². The number of carbonyl (C=O) groups excluding carboxylic acids is 2. The van der Waals surface area contributed by atoms with Crippen LogP contribution >= 0.6 is 7.82 Å². The Hall–Kier alpha value is -5.15. The van der Waals surface area contributed by atoms with E-state index in [0.29, 0.717) is 17.4 Å². The van der Waals surface area contributed by atoms with Crippen LogP contribution in [0.4, 0.5) is 0 Å². The highest BCUT2D eigenvalue weighted by atomic mass is 31.2. The maximum atomic E-state index is 12.9. The summed E-state index contributed by atoms with van der Waals surface area (Å²) in [5.74, 6) is -0.836. The zero-order valence-corrected chi connectivity index (χ0v) is 66.9. The van der Waals surface area contributed by atoms with Crippen molar-refractivity contribution >= 4 is 19.8 Å². The van der Waals surface area contributed by atoms with E-state index in [0.717, 1.165) is 141 Å². The molecule has 0 saturated carbocycles. The second kappa shape index (κ2) is 80.0.